The van der Waals surface area contributed by atoms with E-state index < -0.39 is 0 Å². The Kier molecular flexibility index (Phi) is 3.99. The molecule has 1 aromatic heterocycles. The summed E-state index contributed by atoms with van der Waals surface area (Å²) in [6, 6.07) is 1.81. The smallest absolute Gasteiger partial charge is 0.237 e. The summed E-state index contributed by atoms with van der Waals surface area (Å²) >= 11 is 0. The van der Waals surface area contributed by atoms with Crippen LogP contribution in [0.1, 0.15) is 38.8 Å². The maximum Gasteiger partial charge on any atom is 0.237 e. The zero-order valence-corrected chi connectivity index (χ0v) is 11.5. The summed E-state index contributed by atoms with van der Waals surface area (Å²) in [5.74, 6) is 5.86. The topological polar surface area (TPSA) is 84.1 Å². The fourth-order valence-electron chi connectivity index (χ4n) is 2.21. The molecule has 0 aromatic carbocycles. The lowest BCUT2D eigenvalue weighted by Crippen LogP contribution is -2.30. The van der Waals surface area contributed by atoms with Crippen molar-refractivity contribution in [3.05, 3.63) is 18.0 Å². The zero-order valence-electron chi connectivity index (χ0n) is 11.5. The number of anilines is 1. The van der Waals surface area contributed by atoms with Gasteiger partial charge in [0.25, 0.3) is 0 Å². The molecule has 1 fully saturated rings. The van der Waals surface area contributed by atoms with Gasteiger partial charge in [0.1, 0.15) is 0 Å². The number of rotatable bonds is 3. The second-order valence-corrected chi connectivity index (χ2v) is 5.75. The standard InChI is InChI=1S/C13H21N5O/c1-13(2)5-3-11(19)18(8-6-13)9-10-4-7-15-12(16-10)17-14/h4,7H,3,5-6,8-9,14H2,1-2H3,(H,15,16,17). The highest BCUT2D eigenvalue weighted by atomic mass is 16.2. The molecule has 0 bridgehead atoms. The van der Waals surface area contributed by atoms with Crippen molar-refractivity contribution in [2.45, 2.75) is 39.7 Å². The summed E-state index contributed by atoms with van der Waals surface area (Å²) in [6.07, 6.45) is 4.22. The first-order chi connectivity index (χ1) is 9.00. The van der Waals surface area contributed by atoms with Gasteiger partial charge in [0.05, 0.1) is 12.2 Å². The van der Waals surface area contributed by atoms with Crippen LogP contribution in [0.25, 0.3) is 0 Å². The van der Waals surface area contributed by atoms with Gasteiger partial charge in [0, 0.05) is 19.2 Å². The van der Waals surface area contributed by atoms with E-state index in [1.807, 2.05) is 11.0 Å². The highest BCUT2D eigenvalue weighted by molar-refractivity contribution is 5.76. The molecular formula is C13H21N5O. The number of likely N-dealkylation sites (tertiary alicyclic amines) is 1. The molecule has 6 nitrogen and oxygen atoms in total. The maximum absolute atomic E-state index is 12.1. The van der Waals surface area contributed by atoms with Crippen LogP contribution in [0.2, 0.25) is 0 Å². The van der Waals surface area contributed by atoms with Gasteiger partial charge in [-0.1, -0.05) is 13.8 Å². The van der Waals surface area contributed by atoms with Crippen molar-refractivity contribution in [2.75, 3.05) is 12.0 Å². The van der Waals surface area contributed by atoms with E-state index >= 15 is 0 Å². The Bertz CT molecular complexity index is 460. The normalized spacial score (nSPS) is 19.1. The molecule has 0 spiro atoms. The minimum atomic E-state index is 0.200. The molecule has 1 saturated heterocycles. The molecule has 1 aliphatic rings. The third-order valence-corrected chi connectivity index (χ3v) is 3.62. The fraction of sp³-hybridized carbons (Fsp3) is 0.615. The molecule has 0 atom stereocenters. The van der Waals surface area contributed by atoms with Crippen molar-refractivity contribution in [3.63, 3.8) is 0 Å². The molecule has 1 aromatic rings. The lowest BCUT2D eigenvalue weighted by atomic mass is 9.85. The number of nitrogens with one attached hydrogen (secondary N) is 1. The van der Waals surface area contributed by atoms with E-state index in [2.05, 4.69) is 29.2 Å². The number of hydrogen-bond donors (Lipinski definition) is 2. The number of nitrogen functional groups attached to an aromatic ring is 1. The molecular weight excluding hydrogens is 242 g/mol. The van der Waals surface area contributed by atoms with E-state index in [4.69, 9.17) is 5.84 Å². The molecule has 6 heteroatoms. The van der Waals surface area contributed by atoms with Gasteiger partial charge in [-0.25, -0.2) is 15.8 Å². The van der Waals surface area contributed by atoms with Crippen LogP contribution >= 0.6 is 0 Å². The van der Waals surface area contributed by atoms with Crippen LogP contribution in [0.15, 0.2) is 12.3 Å². The Morgan fingerprint density at radius 2 is 2.26 bits per heavy atom. The molecule has 0 saturated carbocycles. The molecule has 2 rings (SSSR count). The Labute approximate surface area is 113 Å². The van der Waals surface area contributed by atoms with Gasteiger partial charge in [-0.05, 0) is 24.3 Å². The summed E-state index contributed by atoms with van der Waals surface area (Å²) in [5, 5.41) is 0. The number of nitrogens with zero attached hydrogens (tertiary/aromatic N) is 3. The number of carbonyl (C=O) groups is 1. The van der Waals surface area contributed by atoms with Crippen LogP contribution in [0.4, 0.5) is 5.95 Å². The number of aromatic nitrogens is 2. The first kappa shape index (κ1) is 13.7. The SMILES string of the molecule is CC1(C)CCC(=O)N(Cc2ccnc(NN)n2)CC1. The predicted octanol–water partition coefficient (Wildman–Crippen LogP) is 1.30. The molecule has 2 heterocycles. The molecule has 1 amide bonds. The van der Waals surface area contributed by atoms with Crippen LogP contribution < -0.4 is 11.3 Å². The molecule has 0 unspecified atom stereocenters. The molecule has 3 N–H and O–H groups in total. The molecule has 1 aliphatic heterocycles. The van der Waals surface area contributed by atoms with Crippen LogP contribution in [-0.4, -0.2) is 27.3 Å². The monoisotopic (exact) mass is 263 g/mol. The fourth-order valence-corrected chi connectivity index (χ4v) is 2.21. The van der Waals surface area contributed by atoms with E-state index in [1.165, 1.54) is 0 Å². The Balaban J connectivity index is 2.06. The van der Waals surface area contributed by atoms with Crippen molar-refractivity contribution in [2.24, 2.45) is 11.3 Å². The minimum absolute atomic E-state index is 0.200. The van der Waals surface area contributed by atoms with Gasteiger partial charge < -0.3 is 4.90 Å². The number of hydrogen-bond acceptors (Lipinski definition) is 5. The average Bonchev–Trinajstić information content (AvgIpc) is 2.52. The third kappa shape index (κ3) is 3.64. The second kappa shape index (κ2) is 5.52. The number of carbonyl (C=O) groups excluding carboxylic acids is 1. The molecule has 104 valence electrons. The van der Waals surface area contributed by atoms with Gasteiger partial charge >= 0.3 is 0 Å². The average molecular weight is 263 g/mol. The van der Waals surface area contributed by atoms with E-state index in [9.17, 15) is 4.79 Å². The molecule has 0 radical (unpaired) electrons. The Hall–Kier alpha value is -1.69. The Morgan fingerprint density at radius 1 is 1.47 bits per heavy atom. The lowest BCUT2D eigenvalue weighted by Gasteiger charge is -2.23. The summed E-state index contributed by atoms with van der Waals surface area (Å²) in [5.41, 5.74) is 3.45. The molecule has 19 heavy (non-hydrogen) atoms. The highest BCUT2D eigenvalue weighted by Crippen LogP contribution is 2.30. The van der Waals surface area contributed by atoms with E-state index in [0.717, 1.165) is 25.1 Å². The second-order valence-electron chi connectivity index (χ2n) is 5.75. The van der Waals surface area contributed by atoms with Crippen LogP contribution in [-0.2, 0) is 11.3 Å². The van der Waals surface area contributed by atoms with E-state index in [-0.39, 0.29) is 11.3 Å². The summed E-state index contributed by atoms with van der Waals surface area (Å²) in [7, 11) is 0. The first-order valence-corrected chi connectivity index (χ1v) is 6.56. The number of nitrogens with two attached hydrogens (primary N) is 1. The number of amides is 1. The van der Waals surface area contributed by atoms with Crippen molar-refractivity contribution in [3.8, 4) is 0 Å². The summed E-state index contributed by atoms with van der Waals surface area (Å²) in [4.78, 5) is 22.2. The van der Waals surface area contributed by atoms with Gasteiger partial charge in [0.15, 0.2) is 0 Å². The van der Waals surface area contributed by atoms with Crippen molar-refractivity contribution in [1.82, 2.24) is 14.9 Å². The predicted molar refractivity (Wildman–Crippen MR) is 72.9 cm³/mol. The lowest BCUT2D eigenvalue weighted by molar-refractivity contribution is -0.131. The molecule has 0 aliphatic carbocycles. The third-order valence-electron chi connectivity index (χ3n) is 3.62. The quantitative estimate of drug-likeness (QED) is 0.634. The largest absolute Gasteiger partial charge is 0.337 e. The first-order valence-electron chi connectivity index (χ1n) is 6.56. The van der Waals surface area contributed by atoms with Crippen LogP contribution in [0, 0.1) is 5.41 Å². The van der Waals surface area contributed by atoms with Gasteiger partial charge in [-0.15, -0.1) is 0 Å². The minimum Gasteiger partial charge on any atom is -0.337 e. The van der Waals surface area contributed by atoms with Gasteiger partial charge in [0.2, 0.25) is 11.9 Å². The van der Waals surface area contributed by atoms with Crippen LogP contribution in [0.3, 0.4) is 0 Å². The number of hydrazine groups is 1. The van der Waals surface area contributed by atoms with E-state index in [0.29, 0.717) is 18.9 Å². The summed E-state index contributed by atoms with van der Waals surface area (Å²) < 4.78 is 0. The maximum atomic E-state index is 12.1. The highest BCUT2D eigenvalue weighted by Gasteiger charge is 2.27. The van der Waals surface area contributed by atoms with E-state index in [1.54, 1.807) is 6.20 Å². The zero-order chi connectivity index (χ0) is 13.9. The van der Waals surface area contributed by atoms with Crippen LogP contribution in [0.5, 0.6) is 0 Å². The van der Waals surface area contributed by atoms with Gasteiger partial charge in [-0.3, -0.25) is 10.2 Å². The van der Waals surface area contributed by atoms with Crippen molar-refractivity contribution in [1.29, 1.82) is 0 Å². The van der Waals surface area contributed by atoms with Crippen molar-refractivity contribution >= 4 is 11.9 Å². The summed E-state index contributed by atoms with van der Waals surface area (Å²) in [6.45, 7) is 5.73. The van der Waals surface area contributed by atoms with Gasteiger partial charge in [-0.2, -0.15) is 0 Å². The van der Waals surface area contributed by atoms with Crippen molar-refractivity contribution < 1.29 is 4.79 Å². The Morgan fingerprint density at radius 3 is 3.00 bits per heavy atom.